The van der Waals surface area contributed by atoms with Crippen molar-refractivity contribution in [2.75, 3.05) is 26.2 Å². The molecule has 1 aromatic carbocycles. The van der Waals surface area contributed by atoms with Gasteiger partial charge in [-0.05, 0) is 56.2 Å². The number of benzene rings is 1. The largest absolute Gasteiger partial charge is 0.353 e. The molecule has 0 radical (unpaired) electrons. The lowest BCUT2D eigenvalue weighted by Crippen LogP contribution is -2.26. The van der Waals surface area contributed by atoms with Crippen molar-refractivity contribution >= 4 is 12.0 Å². The van der Waals surface area contributed by atoms with Crippen LogP contribution in [0.1, 0.15) is 32.3 Å². The second-order valence-corrected chi connectivity index (χ2v) is 4.91. The number of carbonyl (C=O) groups is 1. The van der Waals surface area contributed by atoms with Gasteiger partial charge in [-0.1, -0.05) is 26.0 Å². The second-order valence-electron chi connectivity index (χ2n) is 4.91. The highest BCUT2D eigenvalue weighted by molar-refractivity contribution is 5.91. The molecule has 1 rings (SSSR count). The molecule has 1 aromatic rings. The number of nitrogens with one attached hydrogen (secondary N) is 1. The third kappa shape index (κ3) is 7.61. The van der Waals surface area contributed by atoms with E-state index in [1.165, 1.54) is 18.2 Å². The number of amides is 1. The molecule has 1 N–H and O–H groups in total. The zero-order chi connectivity index (χ0) is 15.5. The lowest BCUT2D eigenvalue weighted by molar-refractivity contribution is -0.116. The van der Waals surface area contributed by atoms with Gasteiger partial charge in [-0.25, -0.2) is 4.39 Å². The summed E-state index contributed by atoms with van der Waals surface area (Å²) in [6, 6.07) is 6.04. The fourth-order valence-electron chi connectivity index (χ4n) is 2.02. The first-order valence-electron chi connectivity index (χ1n) is 7.59. The summed E-state index contributed by atoms with van der Waals surface area (Å²) in [7, 11) is 0. The van der Waals surface area contributed by atoms with Crippen LogP contribution >= 0.6 is 0 Å². The summed E-state index contributed by atoms with van der Waals surface area (Å²) in [5.41, 5.74) is 0.813. The van der Waals surface area contributed by atoms with Crippen LogP contribution in [0.15, 0.2) is 30.3 Å². The molecule has 0 heterocycles. The Morgan fingerprint density at radius 2 is 1.86 bits per heavy atom. The highest BCUT2D eigenvalue weighted by atomic mass is 19.1. The average molecular weight is 292 g/mol. The lowest BCUT2D eigenvalue weighted by atomic mass is 10.2. The summed E-state index contributed by atoms with van der Waals surface area (Å²) in [5.74, 6) is -0.382. The van der Waals surface area contributed by atoms with E-state index in [2.05, 4.69) is 24.1 Å². The number of carbonyl (C=O) groups excluding carboxylic acids is 1. The maximum absolute atomic E-state index is 12.7. The van der Waals surface area contributed by atoms with Gasteiger partial charge in [-0.15, -0.1) is 0 Å². The Kier molecular flexibility index (Phi) is 8.36. The van der Waals surface area contributed by atoms with Crippen LogP contribution < -0.4 is 5.32 Å². The summed E-state index contributed by atoms with van der Waals surface area (Å²) < 4.78 is 12.7. The van der Waals surface area contributed by atoms with Gasteiger partial charge >= 0.3 is 0 Å². The average Bonchev–Trinajstić information content (AvgIpc) is 2.50. The van der Waals surface area contributed by atoms with Crippen LogP contribution in [-0.2, 0) is 4.79 Å². The molecular weight excluding hydrogens is 267 g/mol. The first-order chi connectivity index (χ1) is 10.2. The monoisotopic (exact) mass is 292 g/mol. The van der Waals surface area contributed by atoms with E-state index in [1.54, 1.807) is 18.2 Å². The predicted octanol–water partition coefficient (Wildman–Crippen LogP) is 3.08. The molecule has 116 valence electrons. The second kappa shape index (κ2) is 10.1. The van der Waals surface area contributed by atoms with Gasteiger partial charge in [0.1, 0.15) is 5.82 Å². The molecule has 0 aliphatic heterocycles. The van der Waals surface area contributed by atoms with E-state index in [0.717, 1.165) is 38.0 Å². The standard InChI is InChI=1S/C17H25FN2O/c1-3-20(4-2)14-6-5-13-19-17(21)12-9-15-7-10-16(18)11-8-15/h7-12H,3-6,13-14H2,1-2H3,(H,19,21)/b12-9+. The van der Waals surface area contributed by atoms with Crippen LogP contribution in [0.2, 0.25) is 0 Å². The summed E-state index contributed by atoms with van der Waals surface area (Å²) in [4.78, 5) is 14.0. The quantitative estimate of drug-likeness (QED) is 0.560. The summed E-state index contributed by atoms with van der Waals surface area (Å²) in [6.07, 6.45) is 5.23. The van der Waals surface area contributed by atoms with Gasteiger partial charge in [-0.3, -0.25) is 4.79 Å². The van der Waals surface area contributed by atoms with Crippen molar-refractivity contribution in [1.29, 1.82) is 0 Å². The Labute approximate surface area is 126 Å². The molecule has 0 saturated carbocycles. The van der Waals surface area contributed by atoms with Crippen LogP contribution in [0.5, 0.6) is 0 Å². The SMILES string of the molecule is CCN(CC)CCCCNC(=O)/C=C/c1ccc(F)cc1. The fraction of sp³-hybridized carbons (Fsp3) is 0.471. The fourth-order valence-corrected chi connectivity index (χ4v) is 2.02. The molecule has 3 nitrogen and oxygen atoms in total. The van der Waals surface area contributed by atoms with E-state index < -0.39 is 0 Å². The molecule has 0 spiro atoms. The summed E-state index contributed by atoms with van der Waals surface area (Å²) in [5, 5.41) is 2.86. The van der Waals surface area contributed by atoms with E-state index in [0.29, 0.717) is 6.54 Å². The molecular formula is C17H25FN2O. The van der Waals surface area contributed by atoms with Gasteiger partial charge in [0.15, 0.2) is 0 Å². The number of nitrogens with zero attached hydrogens (tertiary/aromatic N) is 1. The topological polar surface area (TPSA) is 32.3 Å². The van der Waals surface area contributed by atoms with Gasteiger partial charge in [0.05, 0.1) is 0 Å². The smallest absolute Gasteiger partial charge is 0.243 e. The van der Waals surface area contributed by atoms with Crippen LogP contribution in [0, 0.1) is 5.82 Å². The minimum Gasteiger partial charge on any atom is -0.353 e. The third-order valence-electron chi connectivity index (χ3n) is 3.39. The molecule has 0 saturated heterocycles. The van der Waals surface area contributed by atoms with Gasteiger partial charge in [0.2, 0.25) is 5.91 Å². The Hall–Kier alpha value is -1.68. The molecule has 1 amide bonds. The highest BCUT2D eigenvalue weighted by Crippen LogP contribution is 2.04. The van der Waals surface area contributed by atoms with Crippen molar-refractivity contribution in [1.82, 2.24) is 10.2 Å². The first kappa shape index (κ1) is 17.4. The van der Waals surface area contributed by atoms with Crippen LogP contribution in [0.4, 0.5) is 4.39 Å². The molecule has 0 aromatic heterocycles. The van der Waals surface area contributed by atoms with E-state index in [1.807, 2.05) is 0 Å². The maximum Gasteiger partial charge on any atom is 0.243 e. The van der Waals surface area contributed by atoms with E-state index in [-0.39, 0.29) is 11.7 Å². The van der Waals surface area contributed by atoms with E-state index in [4.69, 9.17) is 0 Å². The molecule has 0 aliphatic carbocycles. The van der Waals surface area contributed by atoms with Crippen LogP contribution in [-0.4, -0.2) is 37.0 Å². The minimum absolute atomic E-state index is 0.109. The predicted molar refractivity (Wildman–Crippen MR) is 85.5 cm³/mol. The molecule has 21 heavy (non-hydrogen) atoms. The lowest BCUT2D eigenvalue weighted by Gasteiger charge is -2.17. The number of hydrogen-bond donors (Lipinski definition) is 1. The van der Waals surface area contributed by atoms with E-state index >= 15 is 0 Å². The summed E-state index contributed by atoms with van der Waals surface area (Å²) in [6.45, 7) is 8.23. The number of unbranched alkanes of at least 4 members (excludes halogenated alkanes) is 1. The highest BCUT2D eigenvalue weighted by Gasteiger charge is 1.99. The van der Waals surface area contributed by atoms with Crippen molar-refractivity contribution in [3.8, 4) is 0 Å². The van der Waals surface area contributed by atoms with Crippen LogP contribution in [0.25, 0.3) is 6.08 Å². The molecule has 0 unspecified atom stereocenters. The molecule has 0 bridgehead atoms. The molecule has 0 aliphatic rings. The van der Waals surface area contributed by atoms with Crippen LogP contribution in [0.3, 0.4) is 0 Å². The van der Waals surface area contributed by atoms with Gasteiger partial charge < -0.3 is 10.2 Å². The van der Waals surface area contributed by atoms with Crippen molar-refractivity contribution in [2.45, 2.75) is 26.7 Å². The Balaban J connectivity index is 2.18. The van der Waals surface area contributed by atoms with Crippen molar-refractivity contribution in [2.24, 2.45) is 0 Å². The molecule has 0 fully saturated rings. The van der Waals surface area contributed by atoms with E-state index in [9.17, 15) is 9.18 Å². The van der Waals surface area contributed by atoms with Gasteiger partial charge in [-0.2, -0.15) is 0 Å². The van der Waals surface area contributed by atoms with Gasteiger partial charge in [0, 0.05) is 12.6 Å². The van der Waals surface area contributed by atoms with Gasteiger partial charge in [0.25, 0.3) is 0 Å². The minimum atomic E-state index is -0.273. The Morgan fingerprint density at radius 3 is 2.48 bits per heavy atom. The molecule has 4 heteroatoms. The Morgan fingerprint density at radius 1 is 1.19 bits per heavy atom. The normalized spacial score (nSPS) is 11.2. The van der Waals surface area contributed by atoms with Crippen molar-refractivity contribution in [3.63, 3.8) is 0 Å². The number of hydrogen-bond acceptors (Lipinski definition) is 2. The number of rotatable bonds is 9. The Bertz CT molecular complexity index is 439. The molecule has 0 atom stereocenters. The van der Waals surface area contributed by atoms with Crippen molar-refractivity contribution in [3.05, 3.63) is 41.7 Å². The van der Waals surface area contributed by atoms with Crippen molar-refractivity contribution < 1.29 is 9.18 Å². The maximum atomic E-state index is 12.7. The first-order valence-corrected chi connectivity index (χ1v) is 7.59. The third-order valence-corrected chi connectivity index (χ3v) is 3.39. The zero-order valence-corrected chi connectivity index (χ0v) is 12.9. The summed E-state index contributed by atoms with van der Waals surface area (Å²) >= 11 is 0. The number of halogens is 1. The zero-order valence-electron chi connectivity index (χ0n) is 12.9.